The second kappa shape index (κ2) is 9.42. The molecule has 0 radical (unpaired) electrons. The second-order valence-electron chi connectivity index (χ2n) is 5.51. The van der Waals surface area contributed by atoms with Crippen molar-refractivity contribution in [2.45, 2.75) is 52.9 Å². The maximum Gasteiger partial charge on any atom is 0.190 e. The maximum atomic E-state index is 4.45. The average molecular weight is 293 g/mol. The zero-order chi connectivity index (χ0) is 15.7. The molecule has 0 saturated heterocycles. The van der Waals surface area contributed by atoms with Crippen molar-refractivity contribution in [3.8, 4) is 0 Å². The molecule has 0 saturated carbocycles. The first-order valence-electron chi connectivity index (χ1n) is 8.03. The van der Waals surface area contributed by atoms with Crippen molar-refractivity contribution in [3.63, 3.8) is 0 Å². The molecule has 120 valence electrons. The van der Waals surface area contributed by atoms with Gasteiger partial charge in [0.15, 0.2) is 5.96 Å². The molecule has 1 heterocycles. The van der Waals surface area contributed by atoms with E-state index in [0.717, 1.165) is 31.2 Å². The SMILES string of the molecule is CCCCCCNC(=NC)NCCc1c(C)nn(C)c1C. The summed E-state index contributed by atoms with van der Waals surface area (Å²) in [6.07, 6.45) is 6.05. The fourth-order valence-corrected chi connectivity index (χ4v) is 2.46. The van der Waals surface area contributed by atoms with E-state index >= 15 is 0 Å². The van der Waals surface area contributed by atoms with Crippen molar-refractivity contribution in [3.05, 3.63) is 17.0 Å². The van der Waals surface area contributed by atoms with Crippen LogP contribution < -0.4 is 10.6 Å². The van der Waals surface area contributed by atoms with Crippen LogP contribution >= 0.6 is 0 Å². The third-order valence-electron chi connectivity index (χ3n) is 3.87. The minimum Gasteiger partial charge on any atom is -0.356 e. The fourth-order valence-electron chi connectivity index (χ4n) is 2.46. The Morgan fingerprint density at radius 3 is 2.43 bits per heavy atom. The summed E-state index contributed by atoms with van der Waals surface area (Å²) in [5, 5.41) is 11.2. The highest BCUT2D eigenvalue weighted by Crippen LogP contribution is 2.11. The third kappa shape index (κ3) is 5.78. The average Bonchev–Trinajstić information content (AvgIpc) is 2.71. The highest BCUT2D eigenvalue weighted by molar-refractivity contribution is 5.79. The summed E-state index contributed by atoms with van der Waals surface area (Å²) in [7, 11) is 3.82. The summed E-state index contributed by atoms with van der Waals surface area (Å²) >= 11 is 0. The number of nitrogens with one attached hydrogen (secondary N) is 2. The Kier molecular flexibility index (Phi) is 7.87. The van der Waals surface area contributed by atoms with Crippen LogP contribution in [0.2, 0.25) is 0 Å². The summed E-state index contributed by atoms with van der Waals surface area (Å²) in [4.78, 5) is 4.26. The van der Waals surface area contributed by atoms with E-state index in [2.05, 4.69) is 41.5 Å². The molecule has 0 spiro atoms. The summed E-state index contributed by atoms with van der Waals surface area (Å²) in [6.45, 7) is 8.29. The Labute approximate surface area is 129 Å². The Morgan fingerprint density at radius 2 is 1.86 bits per heavy atom. The van der Waals surface area contributed by atoms with Gasteiger partial charge in [0.1, 0.15) is 0 Å². The molecule has 1 aromatic rings. The third-order valence-corrected chi connectivity index (χ3v) is 3.87. The number of hydrogen-bond acceptors (Lipinski definition) is 2. The van der Waals surface area contributed by atoms with Crippen molar-refractivity contribution in [1.82, 2.24) is 20.4 Å². The van der Waals surface area contributed by atoms with Crippen LogP contribution in [0.3, 0.4) is 0 Å². The fraction of sp³-hybridized carbons (Fsp3) is 0.750. The van der Waals surface area contributed by atoms with Crippen molar-refractivity contribution in [2.75, 3.05) is 20.1 Å². The maximum absolute atomic E-state index is 4.45. The van der Waals surface area contributed by atoms with Gasteiger partial charge in [-0.2, -0.15) is 5.10 Å². The molecule has 0 bridgehead atoms. The van der Waals surface area contributed by atoms with Gasteiger partial charge in [-0.25, -0.2) is 0 Å². The minimum atomic E-state index is 0.877. The van der Waals surface area contributed by atoms with Crippen LogP contribution in [0.5, 0.6) is 0 Å². The molecule has 5 heteroatoms. The van der Waals surface area contributed by atoms with Gasteiger partial charge in [-0.3, -0.25) is 9.67 Å². The molecule has 0 fully saturated rings. The Bertz CT molecular complexity index is 448. The topological polar surface area (TPSA) is 54.2 Å². The molecule has 21 heavy (non-hydrogen) atoms. The van der Waals surface area contributed by atoms with Crippen molar-refractivity contribution in [1.29, 1.82) is 0 Å². The lowest BCUT2D eigenvalue weighted by Crippen LogP contribution is -2.38. The number of aryl methyl sites for hydroxylation is 2. The summed E-state index contributed by atoms with van der Waals surface area (Å²) in [6, 6.07) is 0. The van der Waals surface area contributed by atoms with Crippen LogP contribution in [0.25, 0.3) is 0 Å². The number of aromatic nitrogens is 2. The minimum absolute atomic E-state index is 0.877. The van der Waals surface area contributed by atoms with E-state index in [1.165, 1.54) is 36.9 Å². The molecule has 1 aromatic heterocycles. The first-order valence-corrected chi connectivity index (χ1v) is 8.03. The van der Waals surface area contributed by atoms with Gasteiger partial charge in [-0.15, -0.1) is 0 Å². The number of guanidine groups is 1. The van der Waals surface area contributed by atoms with Gasteiger partial charge in [-0.1, -0.05) is 26.2 Å². The largest absolute Gasteiger partial charge is 0.356 e. The molecular formula is C16H31N5. The highest BCUT2D eigenvalue weighted by atomic mass is 15.3. The monoisotopic (exact) mass is 293 g/mol. The molecule has 5 nitrogen and oxygen atoms in total. The Hall–Kier alpha value is -1.52. The number of rotatable bonds is 8. The first-order chi connectivity index (χ1) is 10.1. The zero-order valence-electron chi connectivity index (χ0n) is 14.3. The number of nitrogens with zero attached hydrogens (tertiary/aromatic N) is 3. The van der Waals surface area contributed by atoms with Crippen LogP contribution in [-0.4, -0.2) is 35.9 Å². The summed E-state index contributed by atoms with van der Waals surface area (Å²) in [5.41, 5.74) is 3.71. The van der Waals surface area contributed by atoms with Gasteiger partial charge in [0.2, 0.25) is 0 Å². The van der Waals surface area contributed by atoms with E-state index in [4.69, 9.17) is 0 Å². The van der Waals surface area contributed by atoms with Crippen molar-refractivity contribution < 1.29 is 0 Å². The van der Waals surface area contributed by atoms with Gasteiger partial charge in [0.25, 0.3) is 0 Å². The zero-order valence-corrected chi connectivity index (χ0v) is 14.3. The molecule has 0 unspecified atom stereocenters. The van der Waals surface area contributed by atoms with E-state index in [0.29, 0.717) is 0 Å². The predicted octanol–water partition coefficient (Wildman–Crippen LogP) is 2.32. The molecule has 0 amide bonds. The molecule has 0 atom stereocenters. The van der Waals surface area contributed by atoms with Crippen LogP contribution in [0, 0.1) is 13.8 Å². The first kappa shape index (κ1) is 17.5. The van der Waals surface area contributed by atoms with Crippen molar-refractivity contribution >= 4 is 5.96 Å². The van der Waals surface area contributed by atoms with Gasteiger partial charge in [0.05, 0.1) is 5.69 Å². The van der Waals surface area contributed by atoms with E-state index in [1.54, 1.807) is 0 Å². The van der Waals surface area contributed by atoms with Crippen molar-refractivity contribution in [2.24, 2.45) is 12.0 Å². The van der Waals surface area contributed by atoms with Crippen LogP contribution in [0.4, 0.5) is 0 Å². The molecule has 0 aliphatic carbocycles. The van der Waals surface area contributed by atoms with E-state index in [9.17, 15) is 0 Å². The number of unbranched alkanes of at least 4 members (excludes halogenated alkanes) is 3. The number of aliphatic imine (C=N–C) groups is 1. The van der Waals surface area contributed by atoms with E-state index in [1.807, 2.05) is 18.8 Å². The molecule has 0 aliphatic rings. The van der Waals surface area contributed by atoms with E-state index in [-0.39, 0.29) is 0 Å². The molecule has 2 N–H and O–H groups in total. The quantitative estimate of drug-likeness (QED) is 0.439. The normalized spacial score (nSPS) is 11.8. The predicted molar refractivity (Wildman–Crippen MR) is 89.9 cm³/mol. The molecular weight excluding hydrogens is 262 g/mol. The van der Waals surface area contributed by atoms with Gasteiger partial charge in [0, 0.05) is 32.9 Å². The van der Waals surface area contributed by atoms with Crippen LogP contribution in [-0.2, 0) is 13.5 Å². The molecule has 0 aliphatic heterocycles. The van der Waals surface area contributed by atoms with Crippen LogP contribution in [0.15, 0.2) is 4.99 Å². The van der Waals surface area contributed by atoms with Crippen LogP contribution in [0.1, 0.15) is 49.6 Å². The van der Waals surface area contributed by atoms with Gasteiger partial charge >= 0.3 is 0 Å². The molecule has 0 aromatic carbocycles. The van der Waals surface area contributed by atoms with Gasteiger partial charge < -0.3 is 10.6 Å². The standard InChI is InChI=1S/C16H31N5/c1-6-7-8-9-11-18-16(17-4)19-12-10-15-13(2)20-21(5)14(15)3/h6-12H2,1-5H3,(H2,17,18,19). The number of hydrogen-bond donors (Lipinski definition) is 2. The summed E-state index contributed by atoms with van der Waals surface area (Å²) < 4.78 is 1.95. The summed E-state index contributed by atoms with van der Waals surface area (Å²) in [5.74, 6) is 0.894. The lowest BCUT2D eigenvalue weighted by molar-refractivity contribution is 0.647. The Morgan fingerprint density at radius 1 is 1.14 bits per heavy atom. The second-order valence-corrected chi connectivity index (χ2v) is 5.51. The lowest BCUT2D eigenvalue weighted by atomic mass is 10.1. The highest BCUT2D eigenvalue weighted by Gasteiger charge is 2.08. The smallest absolute Gasteiger partial charge is 0.190 e. The molecule has 1 rings (SSSR count). The lowest BCUT2D eigenvalue weighted by Gasteiger charge is -2.12. The van der Waals surface area contributed by atoms with E-state index < -0.39 is 0 Å². The Balaban J connectivity index is 2.29. The van der Waals surface area contributed by atoms with Gasteiger partial charge in [-0.05, 0) is 32.3 Å².